The Morgan fingerprint density at radius 1 is 1.19 bits per heavy atom. The van der Waals surface area contributed by atoms with Crippen LogP contribution in [0.15, 0.2) is 24.7 Å². The van der Waals surface area contributed by atoms with Crippen molar-refractivity contribution in [3.63, 3.8) is 0 Å². The quantitative estimate of drug-likeness (QED) is 0.588. The second-order valence-corrected chi connectivity index (χ2v) is 7.42. The van der Waals surface area contributed by atoms with E-state index in [1.807, 2.05) is 30.9 Å². The minimum absolute atomic E-state index is 0.182. The molecule has 1 aliphatic rings. The third kappa shape index (κ3) is 3.98. The van der Waals surface area contributed by atoms with Crippen molar-refractivity contribution in [1.29, 1.82) is 0 Å². The van der Waals surface area contributed by atoms with Crippen molar-refractivity contribution in [2.24, 2.45) is 13.0 Å². The van der Waals surface area contributed by atoms with E-state index in [0.29, 0.717) is 24.7 Å². The van der Waals surface area contributed by atoms with Crippen molar-refractivity contribution in [3.05, 3.63) is 41.6 Å². The van der Waals surface area contributed by atoms with Crippen molar-refractivity contribution in [2.45, 2.75) is 20.8 Å². The number of esters is 1. The number of hydrogen-bond acceptors (Lipinski definition) is 8. The van der Waals surface area contributed by atoms with Crippen LogP contribution in [0.5, 0.6) is 0 Å². The second kappa shape index (κ2) is 8.17. The van der Waals surface area contributed by atoms with Gasteiger partial charge in [-0.3, -0.25) is 9.48 Å². The van der Waals surface area contributed by atoms with Gasteiger partial charge in [0.1, 0.15) is 23.5 Å². The van der Waals surface area contributed by atoms with Crippen LogP contribution < -0.4 is 10.2 Å². The Hall–Kier alpha value is -3.76. The van der Waals surface area contributed by atoms with Crippen LogP contribution in [0, 0.1) is 19.8 Å². The van der Waals surface area contributed by atoms with E-state index in [-0.39, 0.29) is 24.0 Å². The molecule has 1 saturated heterocycles. The van der Waals surface area contributed by atoms with Gasteiger partial charge in [-0.25, -0.2) is 19.4 Å². The topological polar surface area (TPSA) is 120 Å². The second-order valence-electron chi connectivity index (χ2n) is 7.42. The first-order valence-corrected chi connectivity index (χ1v) is 9.98. The highest BCUT2D eigenvalue weighted by Crippen LogP contribution is 2.26. The van der Waals surface area contributed by atoms with Crippen LogP contribution in [0.2, 0.25) is 0 Å². The maximum absolute atomic E-state index is 12.7. The SMILES string of the molecule is CCOC(=O)c1cnn(C)c1NC(=O)C1CN(c2cc(-n3nc(C)cc3C)ncn2)C1. The van der Waals surface area contributed by atoms with Crippen LogP contribution in [0.4, 0.5) is 11.6 Å². The number of aryl methyl sites for hydroxylation is 3. The zero-order valence-corrected chi connectivity index (χ0v) is 17.9. The molecule has 1 N–H and O–H groups in total. The zero-order valence-electron chi connectivity index (χ0n) is 17.9. The van der Waals surface area contributed by atoms with Gasteiger partial charge in [0.15, 0.2) is 5.82 Å². The van der Waals surface area contributed by atoms with E-state index >= 15 is 0 Å². The lowest BCUT2D eigenvalue weighted by Gasteiger charge is -2.39. The maximum Gasteiger partial charge on any atom is 0.343 e. The molecule has 0 aromatic carbocycles. The van der Waals surface area contributed by atoms with Crippen LogP contribution in [0.25, 0.3) is 5.82 Å². The normalized spacial score (nSPS) is 13.7. The Kier molecular flexibility index (Phi) is 5.40. The lowest BCUT2D eigenvalue weighted by atomic mass is 9.99. The number of rotatable bonds is 6. The number of nitrogens with one attached hydrogen (secondary N) is 1. The third-order valence-corrected chi connectivity index (χ3v) is 5.12. The summed E-state index contributed by atoms with van der Waals surface area (Å²) in [6, 6.07) is 3.84. The Morgan fingerprint density at radius 3 is 2.61 bits per heavy atom. The zero-order chi connectivity index (χ0) is 22.1. The Bertz CT molecular complexity index is 1130. The van der Waals surface area contributed by atoms with Crippen LogP contribution in [-0.4, -0.2) is 61.1 Å². The summed E-state index contributed by atoms with van der Waals surface area (Å²) in [5.41, 5.74) is 2.13. The summed E-state index contributed by atoms with van der Waals surface area (Å²) in [4.78, 5) is 35.4. The van der Waals surface area contributed by atoms with Crippen molar-refractivity contribution < 1.29 is 14.3 Å². The summed E-state index contributed by atoms with van der Waals surface area (Å²) in [5.74, 6) is 0.802. The standard InChI is InChI=1S/C20H24N8O3/c1-5-31-20(30)15-8-23-26(4)18(15)24-19(29)14-9-27(10-14)16-7-17(22-11-21-16)28-13(3)6-12(2)25-28/h6-8,11,14H,5,9-10H2,1-4H3,(H,24,29). The van der Waals surface area contributed by atoms with Gasteiger partial charge in [0.05, 0.1) is 24.4 Å². The van der Waals surface area contributed by atoms with E-state index < -0.39 is 5.97 Å². The molecule has 3 aromatic rings. The number of anilines is 2. The monoisotopic (exact) mass is 424 g/mol. The molecule has 0 unspecified atom stereocenters. The molecule has 1 aliphatic heterocycles. The van der Waals surface area contributed by atoms with Gasteiger partial charge in [-0.15, -0.1) is 0 Å². The first-order valence-electron chi connectivity index (χ1n) is 9.98. The Balaban J connectivity index is 1.42. The number of carbonyl (C=O) groups excluding carboxylic acids is 2. The Labute approximate surface area is 179 Å². The highest BCUT2D eigenvalue weighted by atomic mass is 16.5. The van der Waals surface area contributed by atoms with Crippen LogP contribution in [0.1, 0.15) is 28.7 Å². The fourth-order valence-electron chi connectivity index (χ4n) is 3.48. The van der Waals surface area contributed by atoms with Crippen molar-refractivity contribution in [2.75, 3.05) is 29.9 Å². The fraction of sp³-hybridized carbons (Fsp3) is 0.400. The molecular formula is C20H24N8O3. The average molecular weight is 424 g/mol. The summed E-state index contributed by atoms with van der Waals surface area (Å²) in [5, 5.41) is 11.3. The maximum atomic E-state index is 12.7. The van der Waals surface area contributed by atoms with Gasteiger partial charge >= 0.3 is 5.97 Å². The van der Waals surface area contributed by atoms with E-state index in [1.54, 1.807) is 18.7 Å². The van der Waals surface area contributed by atoms with Crippen molar-refractivity contribution >= 4 is 23.5 Å². The minimum Gasteiger partial charge on any atom is -0.462 e. The van der Waals surface area contributed by atoms with Crippen molar-refractivity contribution in [3.8, 4) is 5.82 Å². The van der Waals surface area contributed by atoms with E-state index in [9.17, 15) is 9.59 Å². The van der Waals surface area contributed by atoms with Gasteiger partial charge in [-0.1, -0.05) is 0 Å². The first kappa shape index (κ1) is 20.5. The minimum atomic E-state index is -0.515. The van der Waals surface area contributed by atoms with Gasteiger partial charge < -0.3 is 15.0 Å². The smallest absolute Gasteiger partial charge is 0.343 e. The number of carbonyl (C=O) groups is 2. The molecular weight excluding hydrogens is 400 g/mol. The number of hydrogen-bond donors (Lipinski definition) is 1. The molecule has 0 spiro atoms. The average Bonchev–Trinajstić information content (AvgIpc) is 3.22. The molecule has 0 bridgehead atoms. The van der Waals surface area contributed by atoms with E-state index in [0.717, 1.165) is 17.2 Å². The number of ether oxygens (including phenoxy) is 1. The lowest BCUT2D eigenvalue weighted by molar-refractivity contribution is -0.120. The first-order chi connectivity index (χ1) is 14.9. The van der Waals surface area contributed by atoms with Gasteiger partial charge in [-0.05, 0) is 26.8 Å². The molecule has 0 radical (unpaired) electrons. The van der Waals surface area contributed by atoms with E-state index in [1.165, 1.54) is 17.2 Å². The summed E-state index contributed by atoms with van der Waals surface area (Å²) < 4.78 is 8.24. The van der Waals surface area contributed by atoms with E-state index in [4.69, 9.17) is 4.74 Å². The van der Waals surface area contributed by atoms with Gasteiger partial charge in [-0.2, -0.15) is 10.2 Å². The predicted octanol–water partition coefficient (Wildman–Crippen LogP) is 1.26. The summed E-state index contributed by atoms with van der Waals surface area (Å²) in [6.07, 6.45) is 2.89. The molecule has 1 fully saturated rings. The molecule has 31 heavy (non-hydrogen) atoms. The largest absolute Gasteiger partial charge is 0.462 e. The summed E-state index contributed by atoms with van der Waals surface area (Å²) in [7, 11) is 1.66. The molecule has 0 saturated carbocycles. The van der Waals surface area contributed by atoms with Gasteiger partial charge in [0, 0.05) is 31.9 Å². The molecule has 11 nitrogen and oxygen atoms in total. The number of nitrogens with zero attached hydrogens (tertiary/aromatic N) is 7. The third-order valence-electron chi connectivity index (χ3n) is 5.12. The highest BCUT2D eigenvalue weighted by molar-refractivity contribution is 6.01. The van der Waals surface area contributed by atoms with Crippen LogP contribution in [0.3, 0.4) is 0 Å². The summed E-state index contributed by atoms with van der Waals surface area (Å²) in [6.45, 7) is 6.88. The van der Waals surface area contributed by atoms with E-state index in [2.05, 4.69) is 25.5 Å². The lowest BCUT2D eigenvalue weighted by Crippen LogP contribution is -2.52. The van der Waals surface area contributed by atoms with Crippen LogP contribution >= 0.6 is 0 Å². The molecule has 3 aromatic heterocycles. The Morgan fingerprint density at radius 2 is 1.94 bits per heavy atom. The fourth-order valence-corrected chi connectivity index (χ4v) is 3.48. The van der Waals surface area contributed by atoms with Gasteiger partial charge in [0.2, 0.25) is 5.91 Å². The molecule has 0 aliphatic carbocycles. The molecule has 4 rings (SSSR count). The molecule has 11 heteroatoms. The molecule has 1 amide bonds. The number of amides is 1. The predicted molar refractivity (Wildman–Crippen MR) is 112 cm³/mol. The van der Waals surface area contributed by atoms with Crippen molar-refractivity contribution in [1.82, 2.24) is 29.5 Å². The molecule has 4 heterocycles. The highest BCUT2D eigenvalue weighted by Gasteiger charge is 2.35. The molecule has 162 valence electrons. The number of aromatic nitrogens is 6. The van der Waals surface area contributed by atoms with Crippen LogP contribution in [-0.2, 0) is 16.6 Å². The summed E-state index contributed by atoms with van der Waals surface area (Å²) >= 11 is 0. The molecule has 0 atom stereocenters. The van der Waals surface area contributed by atoms with Gasteiger partial charge in [0.25, 0.3) is 0 Å².